The van der Waals surface area contributed by atoms with Crippen LogP contribution in [0.15, 0.2) is 79.0 Å². The first-order valence-corrected chi connectivity index (χ1v) is 13.2. The zero-order valence-electron chi connectivity index (χ0n) is 23.2. The van der Waals surface area contributed by atoms with Gasteiger partial charge in [-0.15, -0.1) is 0 Å². The predicted octanol–water partition coefficient (Wildman–Crippen LogP) is 8.29. The van der Waals surface area contributed by atoms with Crippen molar-refractivity contribution in [2.45, 2.75) is 31.5 Å². The standard InChI is InChI=1S/C31H22F9N3O3/c32-29(33,34)20-5-1-17(2-6-20)23-9-8-22(14-25(23)31(38,39)40)42-15-18-3-7-21(30(35,36)37)13-24(18)19-4-10-26(43-16-19)28(46)41-12-11-27(44)45/h1-10,13-14,16,42H,11-12,15H2,(H,41,46)(H,44,45). The summed E-state index contributed by atoms with van der Waals surface area (Å²) in [5, 5.41) is 13.8. The van der Waals surface area contributed by atoms with Crippen LogP contribution in [0.4, 0.5) is 45.2 Å². The number of carboxylic acids is 1. The lowest BCUT2D eigenvalue weighted by molar-refractivity contribution is -0.138. The van der Waals surface area contributed by atoms with Gasteiger partial charge in [-0.3, -0.25) is 14.6 Å². The second-order valence-electron chi connectivity index (χ2n) is 9.89. The van der Waals surface area contributed by atoms with Gasteiger partial charge in [-0.25, -0.2) is 0 Å². The van der Waals surface area contributed by atoms with E-state index in [1.54, 1.807) is 0 Å². The highest BCUT2D eigenvalue weighted by Gasteiger charge is 2.35. The van der Waals surface area contributed by atoms with Gasteiger partial charge in [0.05, 0.1) is 23.1 Å². The molecule has 4 rings (SSSR count). The minimum Gasteiger partial charge on any atom is -0.481 e. The summed E-state index contributed by atoms with van der Waals surface area (Å²) in [6.45, 7) is -0.426. The summed E-state index contributed by atoms with van der Waals surface area (Å²) in [4.78, 5) is 26.8. The number of nitrogens with zero attached hydrogens (tertiary/aromatic N) is 1. The molecule has 0 fully saturated rings. The number of aromatic nitrogens is 1. The van der Waals surface area contributed by atoms with Gasteiger partial charge in [-0.05, 0) is 64.7 Å². The van der Waals surface area contributed by atoms with E-state index >= 15 is 0 Å². The molecule has 0 saturated heterocycles. The highest BCUT2D eigenvalue weighted by atomic mass is 19.4. The van der Waals surface area contributed by atoms with Crippen molar-refractivity contribution in [1.82, 2.24) is 10.3 Å². The molecule has 46 heavy (non-hydrogen) atoms. The minimum atomic E-state index is -4.90. The van der Waals surface area contributed by atoms with Crippen LogP contribution in [0.2, 0.25) is 0 Å². The van der Waals surface area contributed by atoms with Crippen molar-refractivity contribution in [1.29, 1.82) is 0 Å². The molecule has 1 heterocycles. The Balaban J connectivity index is 1.62. The molecule has 1 amide bonds. The first-order chi connectivity index (χ1) is 21.4. The molecular weight excluding hydrogens is 633 g/mol. The van der Waals surface area contributed by atoms with Gasteiger partial charge in [0, 0.05) is 30.5 Å². The van der Waals surface area contributed by atoms with Gasteiger partial charge < -0.3 is 15.7 Å². The van der Waals surface area contributed by atoms with Gasteiger partial charge in [-0.1, -0.05) is 30.3 Å². The summed E-state index contributed by atoms with van der Waals surface area (Å²) < 4.78 is 121. The van der Waals surface area contributed by atoms with Gasteiger partial charge in [0.2, 0.25) is 0 Å². The molecule has 242 valence electrons. The van der Waals surface area contributed by atoms with Crippen molar-refractivity contribution < 1.29 is 54.2 Å². The van der Waals surface area contributed by atoms with Crippen LogP contribution in [-0.2, 0) is 29.9 Å². The Labute approximate surface area is 254 Å². The number of pyridine rings is 1. The Morgan fingerprint density at radius 3 is 1.89 bits per heavy atom. The van der Waals surface area contributed by atoms with Gasteiger partial charge in [0.1, 0.15) is 5.69 Å². The molecule has 6 nitrogen and oxygen atoms in total. The number of alkyl halides is 9. The number of halogens is 9. The number of benzene rings is 3. The molecule has 0 aliphatic carbocycles. The zero-order chi connectivity index (χ0) is 33.9. The van der Waals surface area contributed by atoms with Crippen molar-refractivity contribution in [3.63, 3.8) is 0 Å². The monoisotopic (exact) mass is 655 g/mol. The fourth-order valence-electron chi connectivity index (χ4n) is 4.41. The second-order valence-corrected chi connectivity index (χ2v) is 9.89. The number of anilines is 1. The lowest BCUT2D eigenvalue weighted by Gasteiger charge is -2.18. The van der Waals surface area contributed by atoms with Crippen LogP contribution in [0.3, 0.4) is 0 Å². The summed E-state index contributed by atoms with van der Waals surface area (Å²) in [6, 6.07) is 11.6. The first kappa shape index (κ1) is 33.8. The molecule has 0 spiro atoms. The minimum absolute atomic E-state index is 0.0186. The summed E-state index contributed by atoms with van der Waals surface area (Å²) in [5.74, 6) is -1.85. The third-order valence-corrected chi connectivity index (χ3v) is 6.70. The van der Waals surface area contributed by atoms with E-state index in [1.807, 2.05) is 0 Å². The molecule has 15 heteroatoms. The maximum Gasteiger partial charge on any atom is 0.417 e. The Kier molecular flexibility index (Phi) is 9.63. The number of hydrogen-bond acceptors (Lipinski definition) is 4. The largest absolute Gasteiger partial charge is 0.481 e. The van der Waals surface area contributed by atoms with Crippen LogP contribution in [-0.4, -0.2) is 28.5 Å². The molecule has 0 atom stereocenters. The topological polar surface area (TPSA) is 91.3 Å². The van der Waals surface area contributed by atoms with E-state index in [0.717, 1.165) is 48.7 Å². The zero-order valence-corrected chi connectivity index (χ0v) is 23.2. The normalized spacial score (nSPS) is 12.1. The van der Waals surface area contributed by atoms with Crippen LogP contribution in [0.1, 0.15) is 39.2 Å². The van der Waals surface area contributed by atoms with E-state index in [9.17, 15) is 49.1 Å². The molecule has 3 aromatic carbocycles. The Morgan fingerprint density at radius 2 is 1.33 bits per heavy atom. The van der Waals surface area contributed by atoms with Crippen LogP contribution < -0.4 is 10.6 Å². The van der Waals surface area contributed by atoms with E-state index in [1.165, 1.54) is 18.2 Å². The molecule has 0 bridgehead atoms. The molecule has 3 N–H and O–H groups in total. The maximum absolute atomic E-state index is 14.0. The van der Waals surface area contributed by atoms with Gasteiger partial charge in [0.15, 0.2) is 0 Å². The summed E-state index contributed by atoms with van der Waals surface area (Å²) in [5.41, 5.74) is -3.47. The number of carbonyl (C=O) groups is 2. The SMILES string of the molecule is O=C(O)CCNC(=O)c1ccc(-c2cc(C(F)(F)F)ccc2CNc2ccc(-c3ccc(C(F)(F)F)cc3)c(C(F)(F)F)c2)cn1. The number of aliphatic carboxylic acids is 1. The van der Waals surface area contributed by atoms with Gasteiger partial charge >= 0.3 is 24.5 Å². The van der Waals surface area contributed by atoms with Crippen LogP contribution in [0.5, 0.6) is 0 Å². The summed E-state index contributed by atoms with van der Waals surface area (Å²) in [6.07, 6.45) is -13.5. The van der Waals surface area contributed by atoms with Crippen LogP contribution in [0, 0.1) is 0 Å². The Hall–Kier alpha value is -5.08. The second kappa shape index (κ2) is 13.1. The lowest BCUT2D eigenvalue weighted by atomic mass is 9.96. The third-order valence-electron chi connectivity index (χ3n) is 6.70. The highest BCUT2D eigenvalue weighted by Crippen LogP contribution is 2.40. The fraction of sp³-hybridized carbons (Fsp3) is 0.194. The number of nitrogens with one attached hydrogen (secondary N) is 2. The smallest absolute Gasteiger partial charge is 0.417 e. The first-order valence-electron chi connectivity index (χ1n) is 13.2. The third kappa shape index (κ3) is 8.34. The fourth-order valence-corrected chi connectivity index (χ4v) is 4.41. The maximum atomic E-state index is 14.0. The number of carboxylic acid groups (broad SMARTS) is 1. The quantitative estimate of drug-likeness (QED) is 0.158. The molecule has 0 aliphatic rings. The lowest BCUT2D eigenvalue weighted by Crippen LogP contribution is -2.26. The number of hydrogen-bond donors (Lipinski definition) is 3. The van der Waals surface area contributed by atoms with E-state index in [4.69, 9.17) is 5.11 Å². The molecule has 0 aliphatic heterocycles. The number of rotatable bonds is 9. The molecule has 1 aromatic heterocycles. The summed E-state index contributed by atoms with van der Waals surface area (Å²) in [7, 11) is 0. The van der Waals surface area contributed by atoms with Crippen molar-refractivity contribution >= 4 is 17.6 Å². The molecule has 0 unspecified atom stereocenters. The van der Waals surface area contributed by atoms with E-state index in [0.29, 0.717) is 12.1 Å². The van der Waals surface area contributed by atoms with Gasteiger partial charge in [-0.2, -0.15) is 39.5 Å². The molecule has 0 saturated carbocycles. The van der Waals surface area contributed by atoms with Crippen LogP contribution in [0.25, 0.3) is 22.3 Å². The van der Waals surface area contributed by atoms with Crippen LogP contribution >= 0.6 is 0 Å². The number of amides is 1. The van der Waals surface area contributed by atoms with Crippen molar-refractivity contribution in [3.8, 4) is 22.3 Å². The molecule has 4 aromatic rings. The molecular formula is C31H22F9N3O3. The van der Waals surface area contributed by atoms with Gasteiger partial charge in [0.25, 0.3) is 5.91 Å². The average Bonchev–Trinajstić information content (AvgIpc) is 2.98. The van der Waals surface area contributed by atoms with Crippen molar-refractivity contribution in [2.24, 2.45) is 0 Å². The van der Waals surface area contributed by atoms with E-state index in [-0.39, 0.29) is 58.7 Å². The van der Waals surface area contributed by atoms with Crippen molar-refractivity contribution in [3.05, 3.63) is 107 Å². The number of carbonyl (C=O) groups excluding carboxylic acids is 1. The Bertz CT molecular complexity index is 1720. The molecule has 0 radical (unpaired) electrons. The average molecular weight is 656 g/mol. The highest BCUT2D eigenvalue weighted by molar-refractivity contribution is 5.92. The van der Waals surface area contributed by atoms with E-state index < -0.39 is 47.1 Å². The summed E-state index contributed by atoms with van der Waals surface area (Å²) >= 11 is 0. The Morgan fingerprint density at radius 1 is 0.696 bits per heavy atom. The predicted molar refractivity (Wildman–Crippen MR) is 148 cm³/mol. The van der Waals surface area contributed by atoms with Crippen molar-refractivity contribution in [2.75, 3.05) is 11.9 Å². The van der Waals surface area contributed by atoms with E-state index in [2.05, 4.69) is 15.6 Å².